The smallest absolute Gasteiger partial charge is 0.0724 e. The number of benzene rings is 2. The SMILES string of the molecule is Brc1cnn(-c2cccc3ccccc23)c1. The molecule has 0 saturated carbocycles. The van der Waals surface area contributed by atoms with E-state index < -0.39 is 0 Å². The lowest BCUT2D eigenvalue weighted by molar-refractivity contribution is 0.887. The van der Waals surface area contributed by atoms with Gasteiger partial charge in [-0.3, -0.25) is 0 Å². The third kappa shape index (κ3) is 1.53. The van der Waals surface area contributed by atoms with Crippen LogP contribution in [0.25, 0.3) is 16.5 Å². The number of hydrogen-bond donors (Lipinski definition) is 0. The predicted molar refractivity (Wildman–Crippen MR) is 68.8 cm³/mol. The Morgan fingerprint density at radius 2 is 1.81 bits per heavy atom. The molecule has 0 unspecified atom stereocenters. The minimum atomic E-state index is 0.987. The third-order valence-electron chi connectivity index (χ3n) is 2.56. The number of hydrogen-bond acceptors (Lipinski definition) is 1. The molecule has 16 heavy (non-hydrogen) atoms. The Kier molecular flexibility index (Phi) is 2.26. The summed E-state index contributed by atoms with van der Waals surface area (Å²) in [4.78, 5) is 0. The van der Waals surface area contributed by atoms with Gasteiger partial charge in [-0.25, -0.2) is 4.68 Å². The molecule has 3 aromatic rings. The van der Waals surface area contributed by atoms with E-state index in [1.807, 2.05) is 29.1 Å². The highest BCUT2D eigenvalue weighted by atomic mass is 79.9. The molecule has 3 rings (SSSR count). The van der Waals surface area contributed by atoms with Crippen molar-refractivity contribution in [2.45, 2.75) is 0 Å². The summed E-state index contributed by atoms with van der Waals surface area (Å²) in [6.45, 7) is 0. The zero-order valence-corrected chi connectivity index (χ0v) is 10.1. The average Bonchev–Trinajstić information content (AvgIpc) is 2.75. The largest absolute Gasteiger partial charge is 0.239 e. The number of nitrogens with zero attached hydrogens (tertiary/aromatic N) is 2. The van der Waals surface area contributed by atoms with Gasteiger partial charge in [0.2, 0.25) is 0 Å². The summed E-state index contributed by atoms with van der Waals surface area (Å²) in [6, 6.07) is 14.5. The highest BCUT2D eigenvalue weighted by Crippen LogP contribution is 2.22. The van der Waals surface area contributed by atoms with Gasteiger partial charge < -0.3 is 0 Å². The second-order valence-electron chi connectivity index (χ2n) is 3.60. The van der Waals surface area contributed by atoms with E-state index in [2.05, 4.69) is 45.3 Å². The van der Waals surface area contributed by atoms with E-state index in [1.165, 1.54) is 10.8 Å². The van der Waals surface area contributed by atoms with Crippen LogP contribution in [0.3, 0.4) is 0 Å². The Morgan fingerprint density at radius 1 is 1.00 bits per heavy atom. The van der Waals surface area contributed by atoms with Crippen LogP contribution in [0.2, 0.25) is 0 Å². The molecule has 1 heterocycles. The van der Waals surface area contributed by atoms with Crippen molar-refractivity contribution in [1.82, 2.24) is 9.78 Å². The van der Waals surface area contributed by atoms with Crippen molar-refractivity contribution in [2.75, 3.05) is 0 Å². The van der Waals surface area contributed by atoms with Crippen molar-refractivity contribution in [3.05, 3.63) is 59.3 Å². The monoisotopic (exact) mass is 272 g/mol. The molecule has 0 atom stereocenters. The highest BCUT2D eigenvalue weighted by Gasteiger charge is 2.03. The zero-order chi connectivity index (χ0) is 11.0. The maximum Gasteiger partial charge on any atom is 0.0724 e. The number of aromatic nitrogens is 2. The lowest BCUT2D eigenvalue weighted by atomic mass is 10.1. The Labute approximate surface area is 102 Å². The molecule has 0 spiro atoms. The molecule has 3 heteroatoms. The van der Waals surface area contributed by atoms with E-state index >= 15 is 0 Å². The van der Waals surface area contributed by atoms with Crippen molar-refractivity contribution in [2.24, 2.45) is 0 Å². The van der Waals surface area contributed by atoms with Gasteiger partial charge in [-0.05, 0) is 27.4 Å². The minimum Gasteiger partial charge on any atom is -0.239 e. The zero-order valence-electron chi connectivity index (χ0n) is 8.47. The summed E-state index contributed by atoms with van der Waals surface area (Å²) in [6.07, 6.45) is 3.75. The van der Waals surface area contributed by atoms with E-state index in [-0.39, 0.29) is 0 Å². The van der Waals surface area contributed by atoms with E-state index in [9.17, 15) is 0 Å². The van der Waals surface area contributed by atoms with Crippen molar-refractivity contribution in [3.8, 4) is 5.69 Å². The average molecular weight is 273 g/mol. The Morgan fingerprint density at radius 3 is 2.62 bits per heavy atom. The van der Waals surface area contributed by atoms with E-state index in [4.69, 9.17) is 0 Å². The molecule has 0 radical (unpaired) electrons. The normalized spacial score (nSPS) is 10.8. The molecule has 0 aliphatic heterocycles. The number of fused-ring (bicyclic) bond motifs is 1. The first kappa shape index (κ1) is 9.60. The van der Waals surface area contributed by atoms with Gasteiger partial charge in [-0.15, -0.1) is 0 Å². The Hall–Kier alpha value is -1.61. The van der Waals surface area contributed by atoms with Gasteiger partial charge in [0.25, 0.3) is 0 Å². The second kappa shape index (κ2) is 3.76. The lowest BCUT2D eigenvalue weighted by Crippen LogP contribution is -1.94. The first-order valence-corrected chi connectivity index (χ1v) is 5.82. The minimum absolute atomic E-state index is 0.987. The van der Waals surface area contributed by atoms with Gasteiger partial charge in [0.15, 0.2) is 0 Å². The molecule has 2 aromatic carbocycles. The first-order valence-electron chi connectivity index (χ1n) is 5.03. The summed E-state index contributed by atoms with van der Waals surface area (Å²) >= 11 is 3.41. The van der Waals surface area contributed by atoms with Gasteiger partial charge in [0.1, 0.15) is 0 Å². The van der Waals surface area contributed by atoms with Crippen LogP contribution in [0.1, 0.15) is 0 Å². The van der Waals surface area contributed by atoms with Gasteiger partial charge in [0.05, 0.1) is 16.4 Å². The number of rotatable bonds is 1. The first-order chi connectivity index (χ1) is 7.84. The molecular weight excluding hydrogens is 264 g/mol. The summed E-state index contributed by atoms with van der Waals surface area (Å²) in [5.74, 6) is 0. The molecule has 0 amide bonds. The predicted octanol–water partition coefficient (Wildman–Crippen LogP) is 3.79. The van der Waals surface area contributed by atoms with E-state index in [0.29, 0.717) is 0 Å². The molecule has 0 aliphatic carbocycles. The molecule has 78 valence electrons. The molecular formula is C13H9BrN2. The van der Waals surface area contributed by atoms with E-state index in [0.717, 1.165) is 10.2 Å². The summed E-state index contributed by atoms with van der Waals surface area (Å²) in [5, 5.41) is 6.74. The van der Waals surface area contributed by atoms with Crippen molar-refractivity contribution in [1.29, 1.82) is 0 Å². The summed E-state index contributed by atoms with van der Waals surface area (Å²) in [5.41, 5.74) is 1.10. The van der Waals surface area contributed by atoms with Crippen LogP contribution in [0, 0.1) is 0 Å². The molecule has 0 aliphatic rings. The maximum absolute atomic E-state index is 4.31. The Balaban J connectivity index is 2.31. The maximum atomic E-state index is 4.31. The van der Waals surface area contributed by atoms with Crippen LogP contribution in [-0.4, -0.2) is 9.78 Å². The van der Waals surface area contributed by atoms with Crippen LogP contribution in [0.15, 0.2) is 59.3 Å². The van der Waals surface area contributed by atoms with Crippen LogP contribution in [0.5, 0.6) is 0 Å². The summed E-state index contributed by atoms with van der Waals surface area (Å²) < 4.78 is 2.87. The lowest BCUT2D eigenvalue weighted by Gasteiger charge is -2.05. The molecule has 0 fully saturated rings. The Bertz CT molecular complexity index is 638. The van der Waals surface area contributed by atoms with Crippen molar-refractivity contribution >= 4 is 26.7 Å². The quantitative estimate of drug-likeness (QED) is 0.659. The second-order valence-corrected chi connectivity index (χ2v) is 4.52. The fraction of sp³-hybridized carbons (Fsp3) is 0. The fourth-order valence-electron chi connectivity index (χ4n) is 1.84. The molecule has 2 nitrogen and oxygen atoms in total. The van der Waals surface area contributed by atoms with Crippen LogP contribution in [0.4, 0.5) is 0 Å². The standard InChI is InChI=1S/C13H9BrN2/c14-11-8-15-16(9-11)13-7-3-5-10-4-1-2-6-12(10)13/h1-9H. The molecule has 1 aromatic heterocycles. The topological polar surface area (TPSA) is 17.8 Å². The van der Waals surface area contributed by atoms with Gasteiger partial charge >= 0.3 is 0 Å². The van der Waals surface area contributed by atoms with Gasteiger partial charge in [-0.1, -0.05) is 36.4 Å². The van der Waals surface area contributed by atoms with Crippen LogP contribution in [-0.2, 0) is 0 Å². The highest BCUT2D eigenvalue weighted by molar-refractivity contribution is 9.10. The van der Waals surface area contributed by atoms with Crippen molar-refractivity contribution in [3.63, 3.8) is 0 Å². The fourth-order valence-corrected chi connectivity index (χ4v) is 2.13. The number of halogens is 1. The molecule has 0 bridgehead atoms. The summed E-state index contributed by atoms with van der Waals surface area (Å²) in [7, 11) is 0. The van der Waals surface area contributed by atoms with E-state index in [1.54, 1.807) is 6.20 Å². The van der Waals surface area contributed by atoms with Crippen LogP contribution < -0.4 is 0 Å². The van der Waals surface area contributed by atoms with Gasteiger partial charge in [0, 0.05) is 11.6 Å². The van der Waals surface area contributed by atoms with Crippen LogP contribution >= 0.6 is 15.9 Å². The molecule has 0 saturated heterocycles. The van der Waals surface area contributed by atoms with Gasteiger partial charge in [-0.2, -0.15) is 5.10 Å². The van der Waals surface area contributed by atoms with Crippen molar-refractivity contribution < 1.29 is 0 Å². The third-order valence-corrected chi connectivity index (χ3v) is 2.97. The molecule has 0 N–H and O–H groups in total.